The highest BCUT2D eigenvalue weighted by molar-refractivity contribution is 5.93. The number of carbonyl (C=O) groups is 1. The Morgan fingerprint density at radius 1 is 1.60 bits per heavy atom. The van der Waals surface area contributed by atoms with Crippen LogP contribution in [0.5, 0.6) is 5.75 Å². The van der Waals surface area contributed by atoms with Gasteiger partial charge in [-0.05, 0) is 24.6 Å². The van der Waals surface area contributed by atoms with E-state index in [9.17, 15) is 9.90 Å². The Balaban J connectivity index is 2.62. The molecule has 0 saturated heterocycles. The maximum atomic E-state index is 10.9. The zero-order chi connectivity index (χ0) is 11.3. The lowest BCUT2D eigenvalue weighted by Crippen LogP contribution is -2.16. The van der Waals surface area contributed by atoms with E-state index >= 15 is 0 Å². The van der Waals surface area contributed by atoms with Crippen LogP contribution in [0.4, 0.5) is 0 Å². The highest BCUT2D eigenvalue weighted by atomic mass is 16.5. The van der Waals surface area contributed by atoms with Crippen LogP contribution in [0.2, 0.25) is 0 Å². The minimum absolute atomic E-state index is 0.221. The highest BCUT2D eigenvalue weighted by Gasteiger charge is 2.04. The Bertz CT molecular complexity index is 338. The Kier molecular flexibility index (Phi) is 4.12. The number of carbonyl (C=O) groups excluding carboxylic acids is 1. The molecule has 0 fully saturated rings. The Morgan fingerprint density at radius 2 is 2.33 bits per heavy atom. The number of nitrogens with two attached hydrogens (primary N) is 1. The molecule has 0 aliphatic carbocycles. The van der Waals surface area contributed by atoms with Crippen LogP contribution in [0, 0.1) is 0 Å². The van der Waals surface area contributed by atoms with Gasteiger partial charge in [-0.25, -0.2) is 0 Å². The quantitative estimate of drug-likeness (QED) is 0.757. The van der Waals surface area contributed by atoms with Crippen molar-refractivity contribution in [1.82, 2.24) is 0 Å². The summed E-state index contributed by atoms with van der Waals surface area (Å²) in [4.78, 5) is 10.9. The zero-order valence-corrected chi connectivity index (χ0v) is 8.64. The van der Waals surface area contributed by atoms with Gasteiger partial charge in [0.05, 0.1) is 6.10 Å². The average Bonchev–Trinajstić information content (AvgIpc) is 2.26. The second kappa shape index (κ2) is 5.36. The van der Waals surface area contributed by atoms with Gasteiger partial charge in [0.15, 0.2) is 0 Å². The van der Waals surface area contributed by atoms with Gasteiger partial charge in [-0.1, -0.05) is 13.0 Å². The zero-order valence-electron chi connectivity index (χ0n) is 8.64. The van der Waals surface area contributed by atoms with Gasteiger partial charge in [0.2, 0.25) is 5.91 Å². The third-order valence-corrected chi connectivity index (χ3v) is 2.03. The van der Waals surface area contributed by atoms with Crippen LogP contribution in [0.3, 0.4) is 0 Å². The van der Waals surface area contributed by atoms with Crippen molar-refractivity contribution in [2.45, 2.75) is 19.4 Å². The van der Waals surface area contributed by atoms with Crippen molar-refractivity contribution in [2.75, 3.05) is 6.61 Å². The molecule has 0 aliphatic heterocycles. The molecule has 4 nitrogen and oxygen atoms in total. The monoisotopic (exact) mass is 209 g/mol. The molecule has 82 valence electrons. The molecule has 0 radical (unpaired) electrons. The molecule has 0 heterocycles. The van der Waals surface area contributed by atoms with Crippen LogP contribution in [-0.2, 0) is 0 Å². The van der Waals surface area contributed by atoms with Gasteiger partial charge in [0.1, 0.15) is 12.4 Å². The van der Waals surface area contributed by atoms with Crippen LogP contribution in [0.15, 0.2) is 24.3 Å². The first-order valence-electron chi connectivity index (χ1n) is 4.84. The van der Waals surface area contributed by atoms with Crippen LogP contribution in [-0.4, -0.2) is 23.7 Å². The van der Waals surface area contributed by atoms with Crippen LogP contribution in [0.1, 0.15) is 23.7 Å². The number of aliphatic hydroxyl groups excluding tert-OH is 1. The number of rotatable bonds is 5. The molecule has 1 aromatic carbocycles. The summed E-state index contributed by atoms with van der Waals surface area (Å²) < 4.78 is 5.29. The van der Waals surface area contributed by atoms with Gasteiger partial charge < -0.3 is 15.6 Å². The van der Waals surface area contributed by atoms with Crippen molar-refractivity contribution < 1.29 is 14.6 Å². The molecule has 1 amide bonds. The first-order valence-corrected chi connectivity index (χ1v) is 4.84. The lowest BCUT2D eigenvalue weighted by molar-refractivity contribution is 0.0996. The summed E-state index contributed by atoms with van der Waals surface area (Å²) in [5, 5.41) is 9.28. The molecule has 0 aromatic heterocycles. The van der Waals surface area contributed by atoms with E-state index in [1.54, 1.807) is 24.3 Å². The number of amides is 1. The van der Waals surface area contributed by atoms with Gasteiger partial charge >= 0.3 is 0 Å². The van der Waals surface area contributed by atoms with E-state index in [0.29, 0.717) is 17.7 Å². The molecule has 4 heteroatoms. The molecule has 0 spiro atoms. The Hall–Kier alpha value is -1.55. The van der Waals surface area contributed by atoms with Crippen LogP contribution >= 0.6 is 0 Å². The highest BCUT2D eigenvalue weighted by Crippen LogP contribution is 2.13. The fraction of sp³-hybridized carbons (Fsp3) is 0.364. The summed E-state index contributed by atoms with van der Waals surface area (Å²) in [5.74, 6) is 0.0512. The molecular formula is C11H15NO3. The maximum Gasteiger partial charge on any atom is 0.248 e. The van der Waals surface area contributed by atoms with E-state index < -0.39 is 12.0 Å². The number of primary amides is 1. The first kappa shape index (κ1) is 11.5. The fourth-order valence-electron chi connectivity index (χ4n) is 1.05. The van der Waals surface area contributed by atoms with Gasteiger partial charge in [0, 0.05) is 5.56 Å². The molecule has 1 aromatic rings. The minimum atomic E-state index is -0.489. The number of hydrogen-bond acceptors (Lipinski definition) is 3. The minimum Gasteiger partial charge on any atom is -0.491 e. The van der Waals surface area contributed by atoms with Gasteiger partial charge in [0.25, 0.3) is 0 Å². The normalized spacial score (nSPS) is 12.1. The maximum absolute atomic E-state index is 10.9. The van der Waals surface area contributed by atoms with E-state index in [1.807, 2.05) is 6.92 Å². The molecule has 3 N–H and O–H groups in total. The molecular weight excluding hydrogens is 194 g/mol. The molecule has 1 unspecified atom stereocenters. The third-order valence-electron chi connectivity index (χ3n) is 2.03. The van der Waals surface area contributed by atoms with Crippen molar-refractivity contribution in [3.63, 3.8) is 0 Å². The Morgan fingerprint density at radius 3 is 2.93 bits per heavy atom. The number of benzene rings is 1. The van der Waals surface area contributed by atoms with Crippen LogP contribution < -0.4 is 10.5 Å². The van der Waals surface area contributed by atoms with Gasteiger partial charge in [-0.15, -0.1) is 0 Å². The average molecular weight is 209 g/mol. The van der Waals surface area contributed by atoms with Crippen molar-refractivity contribution in [1.29, 1.82) is 0 Å². The predicted octanol–water partition coefficient (Wildman–Crippen LogP) is 0.935. The second-order valence-corrected chi connectivity index (χ2v) is 3.27. The molecule has 1 atom stereocenters. The summed E-state index contributed by atoms with van der Waals surface area (Å²) in [6, 6.07) is 6.58. The second-order valence-electron chi connectivity index (χ2n) is 3.27. The van der Waals surface area contributed by atoms with E-state index in [2.05, 4.69) is 0 Å². The molecule has 1 rings (SSSR count). The van der Waals surface area contributed by atoms with E-state index in [-0.39, 0.29) is 6.61 Å². The fourth-order valence-corrected chi connectivity index (χ4v) is 1.05. The standard InChI is InChI=1S/C11H15NO3/c1-2-9(13)7-15-10-5-3-4-8(6-10)11(12)14/h3-6,9,13H,2,7H2,1H3,(H2,12,14). The van der Waals surface area contributed by atoms with Crippen LogP contribution in [0.25, 0.3) is 0 Å². The molecule has 0 saturated carbocycles. The molecule has 15 heavy (non-hydrogen) atoms. The summed E-state index contributed by atoms with van der Waals surface area (Å²) in [6.07, 6.45) is 0.150. The van der Waals surface area contributed by atoms with E-state index in [0.717, 1.165) is 0 Å². The predicted molar refractivity (Wildman–Crippen MR) is 56.8 cm³/mol. The smallest absolute Gasteiger partial charge is 0.248 e. The van der Waals surface area contributed by atoms with Crippen molar-refractivity contribution in [2.24, 2.45) is 5.73 Å². The lowest BCUT2D eigenvalue weighted by atomic mass is 10.2. The molecule has 0 aliphatic rings. The largest absolute Gasteiger partial charge is 0.491 e. The van der Waals surface area contributed by atoms with Gasteiger partial charge in [-0.2, -0.15) is 0 Å². The third kappa shape index (κ3) is 3.59. The summed E-state index contributed by atoms with van der Waals surface area (Å²) in [6.45, 7) is 2.09. The topological polar surface area (TPSA) is 72.6 Å². The van der Waals surface area contributed by atoms with Crippen molar-refractivity contribution in [3.8, 4) is 5.75 Å². The SMILES string of the molecule is CCC(O)COc1cccc(C(N)=O)c1. The van der Waals surface area contributed by atoms with Crippen molar-refractivity contribution >= 4 is 5.91 Å². The van der Waals surface area contributed by atoms with E-state index in [1.165, 1.54) is 0 Å². The lowest BCUT2D eigenvalue weighted by Gasteiger charge is -2.10. The van der Waals surface area contributed by atoms with E-state index in [4.69, 9.17) is 10.5 Å². The number of hydrogen-bond donors (Lipinski definition) is 2. The summed E-state index contributed by atoms with van der Waals surface area (Å²) in [5.41, 5.74) is 5.52. The molecule has 0 bridgehead atoms. The first-order chi connectivity index (χ1) is 7.13. The van der Waals surface area contributed by atoms with Gasteiger partial charge in [-0.3, -0.25) is 4.79 Å². The summed E-state index contributed by atoms with van der Waals surface area (Å²) in [7, 11) is 0. The van der Waals surface area contributed by atoms with Crippen molar-refractivity contribution in [3.05, 3.63) is 29.8 Å². The number of aliphatic hydroxyl groups is 1. The number of ether oxygens (including phenoxy) is 1. The Labute approximate surface area is 88.7 Å². The summed E-state index contributed by atoms with van der Waals surface area (Å²) >= 11 is 0.